The molecule has 37 heavy (non-hydrogen) atoms. The van der Waals surface area contributed by atoms with E-state index in [2.05, 4.69) is 4.72 Å². The van der Waals surface area contributed by atoms with Crippen LogP contribution in [0.5, 0.6) is 0 Å². The summed E-state index contributed by atoms with van der Waals surface area (Å²) >= 11 is 0. The molecule has 0 aliphatic carbocycles. The van der Waals surface area contributed by atoms with Crippen molar-refractivity contribution in [2.24, 2.45) is 5.92 Å². The molecular weight excluding hydrogens is 520 g/mol. The lowest BCUT2D eigenvalue weighted by molar-refractivity contribution is -0.138. The number of carbonyl (C=O) groups excluding carboxylic acids is 1. The van der Waals surface area contributed by atoms with E-state index >= 15 is 0 Å². The minimum Gasteiger partial charge on any atom is -0.464 e. The summed E-state index contributed by atoms with van der Waals surface area (Å²) < 4.78 is 56.1. The standard InChI is InChI=1S/C24H30N4O7S2/c29-23(27-15-13-20(14-16-27)25-37(34,35)26-24(30)31)19-11-12-22(18-7-3-1-4-8-18)28(17-19)36(32,33)21-9-5-2-6-10-21/h1-10,19-20,22,25-26H,11-17H2,(H,30,31)/t19-,22-/m1/s1. The van der Waals surface area contributed by atoms with E-state index < -0.39 is 44.3 Å². The van der Waals surface area contributed by atoms with Crippen molar-refractivity contribution in [1.29, 1.82) is 0 Å². The average Bonchev–Trinajstić information content (AvgIpc) is 2.88. The fourth-order valence-corrected chi connectivity index (χ4v) is 7.66. The Morgan fingerprint density at radius 1 is 0.838 bits per heavy atom. The first kappa shape index (κ1) is 27.0. The molecular formula is C24H30N4O7S2. The topological polar surface area (TPSA) is 153 Å². The summed E-state index contributed by atoms with van der Waals surface area (Å²) in [6, 6.07) is 16.7. The van der Waals surface area contributed by atoms with Crippen LogP contribution < -0.4 is 9.44 Å². The van der Waals surface area contributed by atoms with Crippen LogP contribution in [0, 0.1) is 5.92 Å². The molecule has 2 saturated heterocycles. The van der Waals surface area contributed by atoms with Gasteiger partial charge in [0.15, 0.2) is 0 Å². The van der Waals surface area contributed by atoms with E-state index in [-0.39, 0.29) is 30.4 Å². The van der Waals surface area contributed by atoms with Gasteiger partial charge in [0.05, 0.1) is 16.9 Å². The van der Waals surface area contributed by atoms with Crippen LogP contribution in [0.3, 0.4) is 0 Å². The number of nitrogens with zero attached hydrogens (tertiary/aromatic N) is 2. The van der Waals surface area contributed by atoms with Gasteiger partial charge in [-0.2, -0.15) is 17.4 Å². The maximum absolute atomic E-state index is 13.7. The van der Waals surface area contributed by atoms with Gasteiger partial charge in [-0.15, -0.1) is 0 Å². The minimum atomic E-state index is -4.20. The van der Waals surface area contributed by atoms with E-state index in [0.717, 1.165) is 5.56 Å². The molecule has 0 unspecified atom stereocenters. The molecule has 0 bridgehead atoms. The lowest BCUT2D eigenvalue weighted by Crippen LogP contribution is -2.53. The van der Waals surface area contributed by atoms with Gasteiger partial charge in [0.1, 0.15) is 0 Å². The van der Waals surface area contributed by atoms with Crippen molar-refractivity contribution in [3.05, 3.63) is 66.2 Å². The van der Waals surface area contributed by atoms with Crippen molar-refractivity contribution in [3.8, 4) is 0 Å². The Labute approximate surface area is 216 Å². The number of nitrogens with one attached hydrogen (secondary N) is 2. The molecule has 11 nitrogen and oxygen atoms in total. The Hall–Kier alpha value is -3.00. The second-order valence-corrected chi connectivity index (χ2v) is 12.6. The number of piperidine rings is 2. The fourth-order valence-electron chi connectivity index (χ4n) is 4.98. The molecule has 2 aromatic carbocycles. The number of rotatable bonds is 7. The highest BCUT2D eigenvalue weighted by Crippen LogP contribution is 2.38. The van der Waals surface area contributed by atoms with Gasteiger partial charge in [-0.05, 0) is 43.4 Å². The minimum absolute atomic E-state index is 0.0463. The number of hydrogen-bond acceptors (Lipinski definition) is 6. The molecule has 2 aliphatic rings. The van der Waals surface area contributed by atoms with E-state index in [1.165, 1.54) is 9.03 Å². The van der Waals surface area contributed by atoms with Crippen LogP contribution in [-0.2, 0) is 25.0 Å². The van der Waals surface area contributed by atoms with Crippen LogP contribution in [0.1, 0.15) is 37.3 Å². The lowest BCUT2D eigenvalue weighted by Gasteiger charge is -2.41. The third kappa shape index (κ3) is 6.47. The maximum Gasteiger partial charge on any atom is 0.419 e. The van der Waals surface area contributed by atoms with Crippen molar-refractivity contribution in [2.75, 3.05) is 19.6 Å². The van der Waals surface area contributed by atoms with Crippen LogP contribution in [0.2, 0.25) is 0 Å². The first-order valence-electron chi connectivity index (χ1n) is 12.0. The van der Waals surface area contributed by atoms with Crippen LogP contribution in [-0.4, -0.2) is 68.8 Å². The molecule has 200 valence electrons. The Balaban J connectivity index is 1.47. The molecule has 3 N–H and O–H groups in total. The lowest BCUT2D eigenvalue weighted by atomic mass is 9.89. The zero-order chi connectivity index (χ0) is 26.6. The first-order chi connectivity index (χ1) is 17.6. The third-order valence-corrected chi connectivity index (χ3v) is 9.75. The smallest absolute Gasteiger partial charge is 0.419 e. The fraction of sp³-hybridized carbons (Fsp3) is 0.417. The summed E-state index contributed by atoms with van der Waals surface area (Å²) in [5.74, 6) is -0.690. The highest BCUT2D eigenvalue weighted by molar-refractivity contribution is 7.89. The van der Waals surface area contributed by atoms with E-state index in [4.69, 9.17) is 5.11 Å². The van der Waals surface area contributed by atoms with Crippen LogP contribution in [0.15, 0.2) is 65.6 Å². The van der Waals surface area contributed by atoms with Crippen molar-refractivity contribution in [2.45, 2.75) is 42.7 Å². The number of benzene rings is 2. The summed E-state index contributed by atoms with van der Waals surface area (Å²) in [6.45, 7) is 0.608. The van der Waals surface area contributed by atoms with Gasteiger partial charge in [0.25, 0.3) is 0 Å². The summed E-state index contributed by atoms with van der Waals surface area (Å²) in [5, 5.41) is 8.65. The van der Waals surface area contributed by atoms with Crippen molar-refractivity contribution in [3.63, 3.8) is 0 Å². The molecule has 0 saturated carbocycles. The predicted molar refractivity (Wildman–Crippen MR) is 135 cm³/mol. The molecule has 2 heterocycles. The van der Waals surface area contributed by atoms with Crippen molar-refractivity contribution in [1.82, 2.24) is 18.6 Å². The summed E-state index contributed by atoms with van der Waals surface area (Å²) in [7, 11) is -8.06. The number of carboxylic acid groups (broad SMARTS) is 1. The van der Waals surface area contributed by atoms with E-state index in [9.17, 15) is 26.4 Å². The molecule has 13 heteroatoms. The third-order valence-electron chi connectivity index (χ3n) is 6.77. The zero-order valence-corrected chi connectivity index (χ0v) is 21.7. The number of amides is 2. The second kappa shape index (κ2) is 11.2. The quantitative estimate of drug-likeness (QED) is 0.476. The largest absolute Gasteiger partial charge is 0.464 e. The second-order valence-electron chi connectivity index (χ2n) is 9.22. The van der Waals surface area contributed by atoms with E-state index in [0.29, 0.717) is 25.7 Å². The van der Waals surface area contributed by atoms with Gasteiger partial charge in [-0.25, -0.2) is 17.9 Å². The maximum atomic E-state index is 13.7. The number of sulfonamides is 1. The molecule has 2 aliphatic heterocycles. The Kier molecular flexibility index (Phi) is 8.17. The zero-order valence-electron chi connectivity index (χ0n) is 20.1. The van der Waals surface area contributed by atoms with Gasteiger partial charge >= 0.3 is 16.3 Å². The van der Waals surface area contributed by atoms with Crippen LogP contribution >= 0.6 is 0 Å². The van der Waals surface area contributed by atoms with Crippen LogP contribution in [0.4, 0.5) is 4.79 Å². The highest BCUT2D eigenvalue weighted by Gasteiger charge is 2.41. The van der Waals surface area contributed by atoms with Gasteiger partial charge in [-0.1, -0.05) is 48.5 Å². The summed E-state index contributed by atoms with van der Waals surface area (Å²) in [6.07, 6.45) is -0.0334. The Morgan fingerprint density at radius 2 is 1.43 bits per heavy atom. The van der Waals surface area contributed by atoms with Crippen LogP contribution in [0.25, 0.3) is 0 Å². The molecule has 0 aromatic heterocycles. The van der Waals surface area contributed by atoms with E-state index in [1.54, 1.807) is 35.2 Å². The van der Waals surface area contributed by atoms with Crippen molar-refractivity contribution < 1.29 is 31.5 Å². The Morgan fingerprint density at radius 3 is 2.03 bits per heavy atom. The summed E-state index contributed by atoms with van der Waals surface area (Å²) in [4.78, 5) is 25.9. The number of likely N-dealkylation sites (tertiary alicyclic amines) is 1. The van der Waals surface area contributed by atoms with Gasteiger partial charge in [0.2, 0.25) is 15.9 Å². The molecule has 4 rings (SSSR count). The van der Waals surface area contributed by atoms with E-state index in [1.807, 2.05) is 30.3 Å². The number of carbonyl (C=O) groups is 2. The van der Waals surface area contributed by atoms with Gasteiger partial charge < -0.3 is 10.0 Å². The Bertz CT molecular complexity index is 1310. The molecule has 2 atom stereocenters. The molecule has 0 radical (unpaired) electrons. The van der Waals surface area contributed by atoms with Gasteiger partial charge in [-0.3, -0.25) is 4.79 Å². The molecule has 2 fully saturated rings. The monoisotopic (exact) mass is 550 g/mol. The summed E-state index contributed by atoms with van der Waals surface area (Å²) in [5.41, 5.74) is 0.871. The average molecular weight is 551 g/mol. The molecule has 2 aromatic rings. The molecule has 2 amide bonds. The SMILES string of the molecule is O=C(O)NS(=O)(=O)NC1CCN(C(=O)[C@@H]2CC[C@H](c3ccccc3)N(S(=O)(=O)c3ccccc3)C2)CC1. The predicted octanol–water partition coefficient (Wildman–Crippen LogP) is 1.92. The van der Waals surface area contributed by atoms with Gasteiger partial charge in [0, 0.05) is 25.7 Å². The van der Waals surface area contributed by atoms with Crippen molar-refractivity contribution >= 4 is 32.2 Å². The molecule has 0 spiro atoms. The number of hydrogen-bond donors (Lipinski definition) is 3. The normalized spacial score (nSPS) is 21.9. The first-order valence-corrected chi connectivity index (χ1v) is 14.9. The highest BCUT2D eigenvalue weighted by atomic mass is 32.2.